The molecule has 2 saturated heterocycles. The van der Waals surface area contributed by atoms with Crippen LogP contribution < -0.4 is 10.6 Å². The fourth-order valence-corrected chi connectivity index (χ4v) is 4.41. The van der Waals surface area contributed by atoms with E-state index in [1.54, 1.807) is 18.3 Å². The molecule has 0 aliphatic carbocycles. The second-order valence-corrected chi connectivity index (χ2v) is 7.95. The predicted molar refractivity (Wildman–Crippen MR) is 105 cm³/mol. The maximum absolute atomic E-state index is 13.8. The second-order valence-electron chi connectivity index (χ2n) is 7.57. The van der Waals surface area contributed by atoms with Crippen molar-refractivity contribution in [1.29, 1.82) is 0 Å². The molecule has 2 aliphatic rings. The summed E-state index contributed by atoms with van der Waals surface area (Å²) >= 11 is 6.11. The van der Waals surface area contributed by atoms with Crippen molar-refractivity contribution < 1.29 is 9.13 Å². The van der Waals surface area contributed by atoms with Crippen LogP contribution in [0.3, 0.4) is 0 Å². The third-order valence-corrected chi connectivity index (χ3v) is 6.41. The topological polar surface area (TPSA) is 93.0 Å². The summed E-state index contributed by atoms with van der Waals surface area (Å²) in [6, 6.07) is 4.75. The first-order valence-corrected chi connectivity index (χ1v) is 9.69. The number of nitrogens with two attached hydrogens (primary N) is 1. The van der Waals surface area contributed by atoms with E-state index in [9.17, 15) is 4.39 Å². The highest BCUT2D eigenvalue weighted by Gasteiger charge is 2.44. The molecule has 5 rings (SSSR count). The molecule has 0 bridgehead atoms. The summed E-state index contributed by atoms with van der Waals surface area (Å²) < 4.78 is 19.4. The van der Waals surface area contributed by atoms with Crippen molar-refractivity contribution in [3.05, 3.63) is 35.2 Å². The molecule has 1 aromatic carbocycles. The van der Waals surface area contributed by atoms with Crippen molar-refractivity contribution in [3.63, 3.8) is 0 Å². The predicted octanol–water partition coefficient (Wildman–Crippen LogP) is 2.76. The maximum atomic E-state index is 13.8. The number of rotatable bonds is 2. The van der Waals surface area contributed by atoms with Gasteiger partial charge in [0.05, 0.1) is 30.1 Å². The normalized spacial score (nSPS) is 21.7. The van der Waals surface area contributed by atoms with Gasteiger partial charge in [0.15, 0.2) is 0 Å². The van der Waals surface area contributed by atoms with Crippen LogP contribution in [0.2, 0.25) is 5.02 Å². The molecular formula is C19H20ClFN6O. The van der Waals surface area contributed by atoms with Crippen LogP contribution in [0.15, 0.2) is 24.4 Å². The van der Waals surface area contributed by atoms with Crippen molar-refractivity contribution in [2.75, 3.05) is 31.2 Å². The van der Waals surface area contributed by atoms with E-state index in [0.717, 1.165) is 38.4 Å². The number of nitrogens with one attached hydrogen (secondary N) is 1. The molecule has 0 amide bonds. The number of ether oxygens (including phenoxy) is 1. The minimum absolute atomic E-state index is 0.0374. The standard InChI is InChI=1S/C19H20ClFN6O/c20-15-11(2-1-3-12(15)21)16-17-18(26-25-16)24-14(8-23-17)27-6-4-19(5-7-27)10-28-9-13(19)22/h1-3,8,13H,4-7,9-10,22H2,(H,24,25,26)/t13-/m1/s1. The molecule has 0 saturated carbocycles. The van der Waals surface area contributed by atoms with Gasteiger partial charge in [0.2, 0.25) is 5.65 Å². The Morgan fingerprint density at radius 2 is 2.14 bits per heavy atom. The highest BCUT2D eigenvalue weighted by Crippen LogP contribution is 2.39. The van der Waals surface area contributed by atoms with Gasteiger partial charge in [-0.2, -0.15) is 5.10 Å². The Balaban J connectivity index is 1.42. The van der Waals surface area contributed by atoms with Gasteiger partial charge in [-0.25, -0.2) is 14.4 Å². The zero-order valence-electron chi connectivity index (χ0n) is 15.2. The minimum atomic E-state index is -0.483. The Morgan fingerprint density at radius 3 is 2.89 bits per heavy atom. The fraction of sp³-hybridized carbons (Fsp3) is 0.421. The molecule has 1 spiro atoms. The number of halogens is 2. The van der Waals surface area contributed by atoms with Crippen molar-refractivity contribution in [1.82, 2.24) is 20.2 Å². The van der Waals surface area contributed by atoms with Crippen molar-refractivity contribution in [3.8, 4) is 11.3 Å². The molecular weight excluding hydrogens is 383 g/mol. The third-order valence-electron chi connectivity index (χ3n) is 6.03. The molecule has 9 heteroatoms. The molecule has 2 aromatic heterocycles. The first kappa shape index (κ1) is 17.8. The number of H-pyrrole nitrogens is 1. The molecule has 3 N–H and O–H groups in total. The number of aromatic amines is 1. The Labute approximate surface area is 166 Å². The minimum Gasteiger partial charge on any atom is -0.379 e. The van der Waals surface area contributed by atoms with Crippen LogP contribution in [-0.2, 0) is 4.74 Å². The van der Waals surface area contributed by atoms with Gasteiger partial charge in [-0.1, -0.05) is 23.7 Å². The zero-order valence-corrected chi connectivity index (χ0v) is 15.9. The van der Waals surface area contributed by atoms with Crippen LogP contribution in [0.5, 0.6) is 0 Å². The number of piperidine rings is 1. The molecule has 3 aromatic rings. The van der Waals surface area contributed by atoms with Crippen LogP contribution in [0.25, 0.3) is 22.4 Å². The average molecular weight is 403 g/mol. The second kappa shape index (κ2) is 6.65. The van der Waals surface area contributed by atoms with Gasteiger partial charge in [-0.3, -0.25) is 5.10 Å². The smallest absolute Gasteiger partial charge is 0.202 e. The van der Waals surface area contributed by atoms with Gasteiger partial charge >= 0.3 is 0 Å². The number of hydrogen-bond donors (Lipinski definition) is 2. The fourth-order valence-electron chi connectivity index (χ4n) is 4.19. The monoisotopic (exact) mass is 402 g/mol. The number of anilines is 1. The van der Waals surface area contributed by atoms with Crippen LogP contribution >= 0.6 is 11.6 Å². The summed E-state index contributed by atoms with van der Waals surface area (Å²) in [5, 5.41) is 7.19. The van der Waals surface area contributed by atoms with Gasteiger partial charge in [0.25, 0.3) is 0 Å². The van der Waals surface area contributed by atoms with E-state index in [2.05, 4.69) is 25.1 Å². The first-order valence-electron chi connectivity index (χ1n) is 9.31. The summed E-state index contributed by atoms with van der Waals surface area (Å²) in [7, 11) is 0. The molecule has 2 aliphatic heterocycles. The van der Waals surface area contributed by atoms with Crippen LogP contribution in [0.1, 0.15) is 12.8 Å². The largest absolute Gasteiger partial charge is 0.379 e. The lowest BCUT2D eigenvalue weighted by Gasteiger charge is -2.41. The molecule has 28 heavy (non-hydrogen) atoms. The van der Waals surface area contributed by atoms with Crippen molar-refractivity contribution in [2.24, 2.45) is 11.1 Å². The summed E-state index contributed by atoms with van der Waals surface area (Å²) in [6.45, 7) is 3.09. The van der Waals surface area contributed by atoms with E-state index in [1.165, 1.54) is 6.07 Å². The van der Waals surface area contributed by atoms with E-state index >= 15 is 0 Å². The Bertz CT molecular complexity index is 1030. The Kier molecular flexibility index (Phi) is 4.22. The lowest BCUT2D eigenvalue weighted by atomic mass is 9.75. The Hall–Kier alpha value is -2.29. The highest BCUT2D eigenvalue weighted by atomic mass is 35.5. The number of hydrogen-bond acceptors (Lipinski definition) is 6. The van der Waals surface area contributed by atoms with E-state index < -0.39 is 5.82 Å². The van der Waals surface area contributed by atoms with E-state index in [-0.39, 0.29) is 16.5 Å². The lowest BCUT2D eigenvalue weighted by Crippen LogP contribution is -2.49. The molecule has 146 valence electrons. The molecule has 4 heterocycles. The van der Waals surface area contributed by atoms with E-state index in [4.69, 9.17) is 22.1 Å². The van der Waals surface area contributed by atoms with Gasteiger partial charge in [-0.15, -0.1) is 0 Å². The quantitative estimate of drug-likeness (QED) is 0.684. The zero-order chi connectivity index (χ0) is 19.3. The van der Waals surface area contributed by atoms with E-state index in [0.29, 0.717) is 29.0 Å². The van der Waals surface area contributed by atoms with Crippen molar-refractivity contribution >= 4 is 28.6 Å². The van der Waals surface area contributed by atoms with Crippen LogP contribution in [0.4, 0.5) is 10.2 Å². The lowest BCUT2D eigenvalue weighted by molar-refractivity contribution is 0.131. The number of nitrogens with zero attached hydrogens (tertiary/aromatic N) is 4. The third kappa shape index (κ3) is 2.75. The van der Waals surface area contributed by atoms with Gasteiger partial charge in [-0.05, 0) is 18.9 Å². The SMILES string of the molecule is N[C@@H]1COCC12CCN(c1cnc3c(-c4cccc(F)c4Cl)[nH]nc3n1)CC2. The molecule has 0 radical (unpaired) electrons. The molecule has 1 atom stereocenters. The summed E-state index contributed by atoms with van der Waals surface area (Å²) in [6.07, 6.45) is 3.68. The first-order chi connectivity index (χ1) is 13.6. The Morgan fingerprint density at radius 1 is 1.32 bits per heavy atom. The molecule has 2 fully saturated rings. The molecule has 0 unspecified atom stereocenters. The summed E-state index contributed by atoms with van der Waals surface area (Å²) in [5.74, 6) is 0.293. The van der Waals surface area contributed by atoms with E-state index in [1.807, 2.05) is 0 Å². The maximum Gasteiger partial charge on any atom is 0.202 e. The highest BCUT2D eigenvalue weighted by molar-refractivity contribution is 6.33. The summed E-state index contributed by atoms with van der Waals surface area (Å²) in [4.78, 5) is 11.4. The van der Waals surface area contributed by atoms with Crippen LogP contribution in [0, 0.1) is 11.2 Å². The summed E-state index contributed by atoms with van der Waals surface area (Å²) in [5.41, 5.74) is 8.47. The number of benzene rings is 1. The number of aromatic nitrogens is 4. The van der Waals surface area contributed by atoms with Gasteiger partial charge in [0, 0.05) is 30.1 Å². The van der Waals surface area contributed by atoms with Crippen LogP contribution in [-0.4, -0.2) is 52.5 Å². The number of fused-ring (bicyclic) bond motifs is 1. The van der Waals surface area contributed by atoms with Gasteiger partial charge < -0.3 is 15.4 Å². The van der Waals surface area contributed by atoms with Gasteiger partial charge in [0.1, 0.15) is 17.2 Å². The van der Waals surface area contributed by atoms with Crippen molar-refractivity contribution in [2.45, 2.75) is 18.9 Å². The average Bonchev–Trinajstić information content (AvgIpc) is 3.28. The molecule has 7 nitrogen and oxygen atoms in total.